The van der Waals surface area contributed by atoms with Crippen LogP contribution in [0, 0.1) is 5.92 Å². The van der Waals surface area contributed by atoms with E-state index in [1.165, 1.54) is 0 Å². The first-order valence-electron chi connectivity index (χ1n) is 6.07. The molecule has 90 valence electrons. The fourth-order valence-electron chi connectivity index (χ4n) is 2.92. The molecule has 3 rings (SSSR count). The summed E-state index contributed by atoms with van der Waals surface area (Å²) in [5.74, 6) is 0.543. The van der Waals surface area contributed by atoms with E-state index in [1.54, 1.807) is 0 Å². The third kappa shape index (κ3) is 1.83. The van der Waals surface area contributed by atoms with Gasteiger partial charge in [-0.3, -0.25) is 4.79 Å². The van der Waals surface area contributed by atoms with Crippen molar-refractivity contribution in [2.45, 2.75) is 18.8 Å². The van der Waals surface area contributed by atoms with E-state index in [0.29, 0.717) is 10.9 Å². The number of anilines is 1. The summed E-state index contributed by atoms with van der Waals surface area (Å²) in [6, 6.07) is 5.77. The third-order valence-corrected chi connectivity index (χ3v) is 4.08. The van der Waals surface area contributed by atoms with Crippen LogP contribution in [0.5, 0.6) is 0 Å². The zero-order chi connectivity index (χ0) is 11.8. The molecule has 1 aromatic carbocycles. The molecule has 1 fully saturated rings. The molecule has 1 atom stereocenters. The fraction of sp³-hybridized carbons (Fsp3) is 0.462. The Bertz CT molecular complexity index is 455. The van der Waals surface area contributed by atoms with Crippen LogP contribution in [0.1, 0.15) is 24.3 Å². The van der Waals surface area contributed by atoms with Crippen LogP contribution in [0.25, 0.3) is 0 Å². The standard InChI is InChI=1S/C13H15ClN2O/c14-10-3-1-2-9-11(13(17)16-12(9)10)8-4-6-15-7-5-8/h1-3,8,11,15H,4-7H2,(H,16,17). The van der Waals surface area contributed by atoms with Crippen molar-refractivity contribution in [3.8, 4) is 0 Å². The van der Waals surface area contributed by atoms with Crippen LogP contribution in [-0.4, -0.2) is 19.0 Å². The highest BCUT2D eigenvalue weighted by molar-refractivity contribution is 6.34. The molecule has 2 heterocycles. The summed E-state index contributed by atoms with van der Waals surface area (Å²) in [7, 11) is 0. The van der Waals surface area contributed by atoms with Gasteiger partial charge in [0.2, 0.25) is 5.91 Å². The monoisotopic (exact) mass is 250 g/mol. The van der Waals surface area contributed by atoms with E-state index < -0.39 is 0 Å². The predicted molar refractivity (Wildman–Crippen MR) is 68.4 cm³/mol. The van der Waals surface area contributed by atoms with Gasteiger partial charge in [0.05, 0.1) is 16.6 Å². The summed E-state index contributed by atoms with van der Waals surface area (Å²) in [5, 5.41) is 6.90. The Balaban J connectivity index is 1.96. The van der Waals surface area contributed by atoms with Gasteiger partial charge in [-0.2, -0.15) is 0 Å². The van der Waals surface area contributed by atoms with Gasteiger partial charge >= 0.3 is 0 Å². The molecule has 2 N–H and O–H groups in total. The Labute approximate surface area is 106 Å². The molecule has 4 heteroatoms. The largest absolute Gasteiger partial charge is 0.324 e. The van der Waals surface area contributed by atoms with Gasteiger partial charge in [0.1, 0.15) is 0 Å². The maximum absolute atomic E-state index is 12.1. The van der Waals surface area contributed by atoms with Gasteiger partial charge in [-0.1, -0.05) is 23.7 Å². The average Bonchev–Trinajstić information content (AvgIpc) is 2.68. The van der Waals surface area contributed by atoms with Crippen LogP contribution >= 0.6 is 11.6 Å². The van der Waals surface area contributed by atoms with E-state index in [9.17, 15) is 4.79 Å². The molecule has 3 nitrogen and oxygen atoms in total. The topological polar surface area (TPSA) is 41.1 Å². The Morgan fingerprint density at radius 2 is 2.00 bits per heavy atom. The number of halogens is 1. The van der Waals surface area contributed by atoms with Gasteiger partial charge in [-0.05, 0) is 43.5 Å². The Kier molecular flexibility index (Phi) is 2.81. The van der Waals surface area contributed by atoms with Gasteiger partial charge in [-0.15, -0.1) is 0 Å². The van der Waals surface area contributed by atoms with Gasteiger partial charge < -0.3 is 10.6 Å². The van der Waals surface area contributed by atoms with E-state index in [0.717, 1.165) is 37.2 Å². The molecule has 0 aromatic heterocycles. The second kappa shape index (κ2) is 4.31. The van der Waals surface area contributed by atoms with Crippen LogP contribution in [0.4, 0.5) is 5.69 Å². The maximum Gasteiger partial charge on any atom is 0.232 e. The highest BCUT2D eigenvalue weighted by atomic mass is 35.5. The van der Waals surface area contributed by atoms with Crippen LogP contribution in [0.2, 0.25) is 5.02 Å². The molecule has 0 saturated carbocycles. The molecule has 1 aromatic rings. The van der Waals surface area contributed by atoms with Crippen LogP contribution in [0.3, 0.4) is 0 Å². The average molecular weight is 251 g/mol. The molecule has 17 heavy (non-hydrogen) atoms. The van der Waals surface area contributed by atoms with Gasteiger partial charge in [0.25, 0.3) is 0 Å². The molecular weight excluding hydrogens is 236 g/mol. The van der Waals surface area contributed by atoms with Gasteiger partial charge in [-0.25, -0.2) is 0 Å². The number of hydrogen-bond donors (Lipinski definition) is 2. The molecule has 1 amide bonds. The molecule has 0 radical (unpaired) electrons. The second-order valence-corrected chi connectivity index (χ2v) is 5.17. The van der Waals surface area contributed by atoms with E-state index in [2.05, 4.69) is 10.6 Å². The van der Waals surface area contributed by atoms with Crippen molar-refractivity contribution in [2.24, 2.45) is 5.92 Å². The summed E-state index contributed by atoms with van der Waals surface area (Å²) < 4.78 is 0. The highest BCUT2D eigenvalue weighted by Crippen LogP contribution is 2.43. The fourth-order valence-corrected chi connectivity index (χ4v) is 3.15. The lowest BCUT2D eigenvalue weighted by molar-refractivity contribution is -0.118. The number of hydrogen-bond acceptors (Lipinski definition) is 2. The van der Waals surface area contributed by atoms with E-state index in [1.807, 2.05) is 18.2 Å². The molecule has 2 aliphatic rings. The second-order valence-electron chi connectivity index (χ2n) is 4.76. The minimum absolute atomic E-state index is 0.00852. The molecule has 0 bridgehead atoms. The first-order valence-corrected chi connectivity index (χ1v) is 6.45. The van der Waals surface area contributed by atoms with Crippen molar-refractivity contribution in [2.75, 3.05) is 18.4 Å². The number of piperidine rings is 1. The Morgan fingerprint density at radius 3 is 2.76 bits per heavy atom. The van der Waals surface area contributed by atoms with Crippen LogP contribution in [0.15, 0.2) is 18.2 Å². The van der Waals surface area contributed by atoms with Crippen molar-refractivity contribution < 1.29 is 4.79 Å². The smallest absolute Gasteiger partial charge is 0.232 e. The first-order chi connectivity index (χ1) is 8.27. The summed E-state index contributed by atoms with van der Waals surface area (Å²) in [4.78, 5) is 12.1. The normalized spacial score (nSPS) is 24.5. The maximum atomic E-state index is 12.1. The summed E-state index contributed by atoms with van der Waals surface area (Å²) in [6.45, 7) is 2.01. The zero-order valence-corrected chi connectivity index (χ0v) is 10.3. The lowest BCUT2D eigenvalue weighted by Gasteiger charge is -2.26. The first kappa shape index (κ1) is 11.1. The van der Waals surface area contributed by atoms with Crippen molar-refractivity contribution in [1.82, 2.24) is 5.32 Å². The lowest BCUT2D eigenvalue weighted by Crippen LogP contribution is -2.33. The highest BCUT2D eigenvalue weighted by Gasteiger charge is 2.37. The summed E-state index contributed by atoms with van der Waals surface area (Å²) in [6.07, 6.45) is 2.12. The molecule has 0 aliphatic carbocycles. The molecule has 1 unspecified atom stereocenters. The number of benzene rings is 1. The van der Waals surface area contributed by atoms with Crippen molar-refractivity contribution in [3.63, 3.8) is 0 Å². The van der Waals surface area contributed by atoms with E-state index >= 15 is 0 Å². The van der Waals surface area contributed by atoms with Crippen molar-refractivity contribution in [3.05, 3.63) is 28.8 Å². The lowest BCUT2D eigenvalue weighted by atomic mass is 9.81. The minimum atomic E-state index is -0.00852. The summed E-state index contributed by atoms with van der Waals surface area (Å²) in [5.41, 5.74) is 1.90. The zero-order valence-electron chi connectivity index (χ0n) is 9.50. The number of para-hydroxylation sites is 1. The third-order valence-electron chi connectivity index (χ3n) is 3.77. The van der Waals surface area contributed by atoms with E-state index in [4.69, 9.17) is 11.6 Å². The van der Waals surface area contributed by atoms with Crippen molar-refractivity contribution in [1.29, 1.82) is 0 Å². The Hall–Kier alpha value is -1.06. The quantitative estimate of drug-likeness (QED) is 0.804. The number of rotatable bonds is 1. The number of fused-ring (bicyclic) bond motifs is 1. The minimum Gasteiger partial charge on any atom is -0.324 e. The Morgan fingerprint density at radius 1 is 1.24 bits per heavy atom. The van der Waals surface area contributed by atoms with Crippen LogP contribution in [-0.2, 0) is 4.79 Å². The number of carbonyl (C=O) groups is 1. The molecular formula is C13H15ClN2O. The molecule has 1 saturated heterocycles. The van der Waals surface area contributed by atoms with Crippen LogP contribution < -0.4 is 10.6 Å². The SMILES string of the molecule is O=C1Nc2c(Cl)cccc2C1C1CCNCC1. The number of amides is 1. The van der Waals surface area contributed by atoms with Crippen molar-refractivity contribution >= 4 is 23.2 Å². The van der Waals surface area contributed by atoms with E-state index in [-0.39, 0.29) is 11.8 Å². The summed E-state index contributed by atoms with van der Waals surface area (Å²) >= 11 is 6.11. The number of carbonyl (C=O) groups excluding carboxylic acids is 1. The van der Waals surface area contributed by atoms with Gasteiger partial charge in [0, 0.05) is 0 Å². The molecule has 0 spiro atoms. The molecule has 2 aliphatic heterocycles. The number of nitrogens with one attached hydrogen (secondary N) is 2. The predicted octanol–water partition coefficient (Wildman–Crippen LogP) is 2.38. The van der Waals surface area contributed by atoms with Gasteiger partial charge in [0.15, 0.2) is 0 Å².